The van der Waals surface area contributed by atoms with Crippen molar-refractivity contribution >= 4 is 39.5 Å². The Balaban J connectivity index is 1.72. The van der Waals surface area contributed by atoms with E-state index in [-0.39, 0.29) is 0 Å². The van der Waals surface area contributed by atoms with Crippen LogP contribution in [0.4, 0.5) is 10.8 Å². The maximum atomic E-state index is 11.4. The van der Waals surface area contributed by atoms with Crippen molar-refractivity contribution in [2.75, 3.05) is 0 Å². The molecule has 0 amide bonds. The number of rotatable bonds is 4. The van der Waals surface area contributed by atoms with E-state index >= 15 is 0 Å². The van der Waals surface area contributed by atoms with E-state index in [1.54, 1.807) is 13.1 Å². The van der Waals surface area contributed by atoms with Gasteiger partial charge >= 0.3 is 5.97 Å². The molecule has 2 heterocycles. The van der Waals surface area contributed by atoms with Crippen LogP contribution >= 0.6 is 11.3 Å². The van der Waals surface area contributed by atoms with Crippen molar-refractivity contribution in [3.63, 3.8) is 0 Å². The molecule has 0 radical (unpaired) electrons. The summed E-state index contributed by atoms with van der Waals surface area (Å²) in [6, 6.07) is 6.67. The molecule has 0 aliphatic carbocycles. The summed E-state index contributed by atoms with van der Waals surface area (Å²) >= 11 is 1.48. The summed E-state index contributed by atoms with van der Waals surface area (Å²) in [5.41, 5.74) is 2.98. The van der Waals surface area contributed by atoms with E-state index in [0.29, 0.717) is 11.4 Å². The van der Waals surface area contributed by atoms with E-state index in [2.05, 4.69) is 30.2 Å². The van der Waals surface area contributed by atoms with Gasteiger partial charge in [0.1, 0.15) is 0 Å². The lowest BCUT2D eigenvalue weighted by Crippen LogP contribution is -2.19. The zero-order valence-corrected chi connectivity index (χ0v) is 13.3. The second-order valence-electron chi connectivity index (χ2n) is 4.82. The molecule has 1 unspecified atom stereocenters. The van der Waals surface area contributed by atoms with E-state index in [4.69, 9.17) is 0 Å². The molecular weight excluding hydrogens is 314 g/mol. The van der Waals surface area contributed by atoms with Gasteiger partial charge in [-0.2, -0.15) is 10.2 Å². The first-order valence-corrected chi connectivity index (χ1v) is 7.73. The van der Waals surface area contributed by atoms with Crippen LogP contribution < -0.4 is 0 Å². The predicted octanol–water partition coefficient (Wildman–Crippen LogP) is 3.67. The number of azo groups is 1. The molecule has 1 aliphatic heterocycles. The van der Waals surface area contributed by atoms with Crippen molar-refractivity contribution in [2.24, 2.45) is 20.4 Å². The molecule has 0 bridgehead atoms. The van der Waals surface area contributed by atoms with Crippen LogP contribution in [0, 0.1) is 0 Å². The van der Waals surface area contributed by atoms with E-state index in [1.165, 1.54) is 11.3 Å². The fraction of sp³-hybridized carbons (Fsp3) is 0.200. The van der Waals surface area contributed by atoms with Crippen molar-refractivity contribution in [1.29, 1.82) is 0 Å². The fourth-order valence-electron chi connectivity index (χ4n) is 1.89. The Bertz CT molecular complexity index is 794. The summed E-state index contributed by atoms with van der Waals surface area (Å²) in [5.74, 6) is -0.505. The van der Waals surface area contributed by atoms with Crippen molar-refractivity contribution < 1.29 is 9.63 Å². The molecule has 0 saturated heterocycles. The Labute approximate surface area is 136 Å². The van der Waals surface area contributed by atoms with E-state index in [0.717, 1.165) is 16.4 Å². The normalized spacial score (nSPS) is 18.3. The van der Waals surface area contributed by atoms with Gasteiger partial charge in [0.2, 0.25) is 11.2 Å². The molecule has 23 heavy (non-hydrogen) atoms. The zero-order chi connectivity index (χ0) is 16.2. The van der Waals surface area contributed by atoms with Gasteiger partial charge in [-0.3, -0.25) is 0 Å². The third kappa shape index (κ3) is 3.54. The Hall–Kier alpha value is -2.74. The van der Waals surface area contributed by atoms with Crippen LogP contribution in [0.5, 0.6) is 0 Å². The Kier molecular flexibility index (Phi) is 4.33. The monoisotopic (exact) mass is 327 g/mol. The third-order valence-corrected chi connectivity index (χ3v) is 3.82. The van der Waals surface area contributed by atoms with Gasteiger partial charge in [0.05, 0.1) is 11.4 Å². The van der Waals surface area contributed by atoms with Crippen LogP contribution in [-0.2, 0) is 9.63 Å². The van der Waals surface area contributed by atoms with Crippen molar-refractivity contribution in [3.8, 4) is 0 Å². The molecule has 1 atom stereocenters. The second kappa shape index (κ2) is 6.57. The Morgan fingerprint density at radius 1 is 1.30 bits per heavy atom. The van der Waals surface area contributed by atoms with Crippen molar-refractivity contribution in [3.05, 3.63) is 41.4 Å². The largest absolute Gasteiger partial charge is 0.367 e. The second-order valence-corrected chi connectivity index (χ2v) is 5.69. The maximum Gasteiger partial charge on any atom is 0.367 e. The Morgan fingerprint density at radius 2 is 2.09 bits per heavy atom. The molecule has 0 fully saturated rings. The summed E-state index contributed by atoms with van der Waals surface area (Å²) in [6.45, 7) is 3.60. The molecule has 8 heteroatoms. The van der Waals surface area contributed by atoms with Crippen LogP contribution in [0.2, 0.25) is 0 Å². The molecule has 2 aromatic rings. The molecule has 7 nitrogen and oxygen atoms in total. The minimum atomic E-state index is -0.747. The van der Waals surface area contributed by atoms with Crippen LogP contribution in [-0.4, -0.2) is 28.4 Å². The number of aromatic nitrogens is 1. The summed E-state index contributed by atoms with van der Waals surface area (Å²) in [4.78, 5) is 24.5. The van der Waals surface area contributed by atoms with Crippen molar-refractivity contribution in [1.82, 2.24) is 4.98 Å². The van der Waals surface area contributed by atoms with Gasteiger partial charge in [-0.1, -0.05) is 17.3 Å². The number of benzene rings is 1. The average molecular weight is 327 g/mol. The molecule has 1 aromatic carbocycles. The lowest BCUT2D eigenvalue weighted by Gasteiger charge is -2.01. The van der Waals surface area contributed by atoms with Crippen LogP contribution in [0.25, 0.3) is 0 Å². The number of thiazole rings is 1. The number of aliphatic imine (C=N–C) groups is 1. The lowest BCUT2D eigenvalue weighted by molar-refractivity contribution is -0.141. The number of carbonyl (C=O) groups is 1. The predicted molar refractivity (Wildman–Crippen MR) is 87.9 cm³/mol. The average Bonchev–Trinajstić information content (AvgIpc) is 3.17. The molecule has 0 saturated carbocycles. The van der Waals surface area contributed by atoms with Gasteiger partial charge in [0.25, 0.3) is 0 Å². The van der Waals surface area contributed by atoms with Gasteiger partial charge in [0, 0.05) is 17.3 Å². The minimum Gasteiger partial charge on any atom is -0.315 e. The standard InChI is InChI=1S/C15H13N5O2S/c1-9(17-15-16-7-8-23-15)11-3-5-12(6-4-11)18-19-13-10(2)20-22-14(13)21/h3-8,13H,1-2H3. The number of carbonyl (C=O) groups excluding carboxylic acids is 1. The quantitative estimate of drug-likeness (QED) is 0.487. The van der Waals surface area contributed by atoms with Crippen molar-refractivity contribution in [2.45, 2.75) is 19.9 Å². The SMILES string of the molecule is CC(=Nc1nccs1)c1ccc(N=NC2C(=O)ON=C2C)cc1. The first kappa shape index (κ1) is 15.2. The Morgan fingerprint density at radius 3 is 2.70 bits per heavy atom. The molecule has 0 N–H and O–H groups in total. The minimum absolute atomic E-state index is 0.502. The fourth-order valence-corrected chi connectivity index (χ4v) is 2.45. The highest BCUT2D eigenvalue weighted by Gasteiger charge is 2.29. The number of oxime groups is 1. The molecule has 116 valence electrons. The molecule has 3 rings (SSSR count). The summed E-state index contributed by atoms with van der Waals surface area (Å²) < 4.78 is 0. The topological polar surface area (TPSA) is 88.6 Å². The smallest absolute Gasteiger partial charge is 0.315 e. The van der Waals surface area contributed by atoms with Crippen LogP contribution in [0.3, 0.4) is 0 Å². The van der Waals surface area contributed by atoms with Gasteiger partial charge < -0.3 is 4.84 Å². The summed E-state index contributed by atoms with van der Waals surface area (Å²) in [7, 11) is 0. The number of nitrogens with zero attached hydrogens (tertiary/aromatic N) is 5. The van der Waals surface area contributed by atoms with E-state index in [1.807, 2.05) is 36.6 Å². The summed E-state index contributed by atoms with van der Waals surface area (Å²) in [6.07, 6.45) is 1.72. The zero-order valence-electron chi connectivity index (χ0n) is 12.5. The highest BCUT2D eigenvalue weighted by molar-refractivity contribution is 7.13. The van der Waals surface area contributed by atoms with Gasteiger partial charge in [0.15, 0.2) is 0 Å². The van der Waals surface area contributed by atoms with Gasteiger partial charge in [-0.15, -0.1) is 11.3 Å². The molecule has 0 spiro atoms. The van der Waals surface area contributed by atoms with E-state index in [9.17, 15) is 4.79 Å². The molecule has 1 aliphatic rings. The summed E-state index contributed by atoms with van der Waals surface area (Å²) in [5, 5.41) is 14.2. The first-order valence-electron chi connectivity index (χ1n) is 6.85. The molecular formula is C15H13N5O2S. The highest BCUT2D eigenvalue weighted by Crippen LogP contribution is 2.19. The number of hydrogen-bond donors (Lipinski definition) is 0. The van der Waals surface area contributed by atoms with E-state index < -0.39 is 12.0 Å². The van der Waals surface area contributed by atoms with Gasteiger partial charge in [-0.25, -0.2) is 14.8 Å². The first-order chi connectivity index (χ1) is 11.1. The third-order valence-electron chi connectivity index (χ3n) is 3.15. The molecule has 1 aromatic heterocycles. The van der Waals surface area contributed by atoms with Crippen LogP contribution in [0.15, 0.2) is 56.2 Å². The lowest BCUT2D eigenvalue weighted by atomic mass is 10.1. The maximum absolute atomic E-state index is 11.4. The highest BCUT2D eigenvalue weighted by atomic mass is 32.1. The van der Waals surface area contributed by atoms with Gasteiger partial charge in [-0.05, 0) is 31.5 Å². The number of hydrogen-bond acceptors (Lipinski definition) is 8. The van der Waals surface area contributed by atoms with Crippen LogP contribution in [0.1, 0.15) is 19.4 Å².